The van der Waals surface area contributed by atoms with E-state index in [-0.39, 0.29) is 16.4 Å². The maximum absolute atomic E-state index is 12.1. The molecule has 2 rings (SSSR count). The van der Waals surface area contributed by atoms with Gasteiger partial charge in [-0.25, -0.2) is 8.42 Å². The van der Waals surface area contributed by atoms with E-state index in [2.05, 4.69) is 9.88 Å². The number of anilines is 2. The number of aromatic nitrogens is 1. The Labute approximate surface area is 105 Å². The lowest BCUT2D eigenvalue weighted by molar-refractivity contribution is 0.400. The highest BCUT2D eigenvalue weighted by atomic mass is 32.2. The summed E-state index contributed by atoms with van der Waals surface area (Å²) in [7, 11) is -3.74. The van der Waals surface area contributed by atoms with Crippen LogP contribution >= 0.6 is 0 Å². The van der Waals surface area contributed by atoms with Crippen molar-refractivity contribution < 1.29 is 12.9 Å². The first kappa shape index (κ1) is 12.4. The lowest BCUT2D eigenvalue weighted by atomic mass is 10.2. The van der Waals surface area contributed by atoms with Crippen molar-refractivity contribution in [3.8, 4) is 0 Å². The van der Waals surface area contributed by atoms with Gasteiger partial charge in [-0.2, -0.15) is 0 Å². The maximum Gasteiger partial charge on any atom is 0.265 e. The smallest absolute Gasteiger partial charge is 0.265 e. The highest BCUT2D eigenvalue weighted by Crippen LogP contribution is 2.22. The Bertz CT molecular complexity index is 677. The van der Waals surface area contributed by atoms with Crippen LogP contribution in [0.1, 0.15) is 11.3 Å². The third-order valence-electron chi connectivity index (χ3n) is 2.32. The van der Waals surface area contributed by atoms with Crippen molar-refractivity contribution in [2.24, 2.45) is 0 Å². The first-order valence-electron chi connectivity index (χ1n) is 5.21. The molecule has 0 unspecified atom stereocenters. The van der Waals surface area contributed by atoms with Gasteiger partial charge in [0.05, 0.1) is 5.69 Å². The van der Waals surface area contributed by atoms with E-state index in [0.717, 1.165) is 5.56 Å². The van der Waals surface area contributed by atoms with E-state index < -0.39 is 10.0 Å². The topological polar surface area (TPSA) is 98.2 Å². The SMILES string of the molecule is Cc1ccc(S(=O)(=O)Nc2cc(C)on2)c(N)c1. The van der Waals surface area contributed by atoms with Crippen LogP contribution in [0.25, 0.3) is 0 Å². The third-order valence-corrected chi connectivity index (χ3v) is 3.75. The van der Waals surface area contributed by atoms with Crippen LogP contribution < -0.4 is 10.5 Å². The second kappa shape index (κ2) is 4.34. The van der Waals surface area contributed by atoms with E-state index in [4.69, 9.17) is 10.3 Å². The predicted octanol–water partition coefficient (Wildman–Crippen LogP) is 1.67. The molecule has 0 radical (unpaired) electrons. The zero-order valence-corrected chi connectivity index (χ0v) is 10.8. The van der Waals surface area contributed by atoms with Crippen LogP contribution in [0.2, 0.25) is 0 Å². The average molecular weight is 267 g/mol. The van der Waals surface area contributed by atoms with Gasteiger partial charge in [0, 0.05) is 6.07 Å². The van der Waals surface area contributed by atoms with Crippen molar-refractivity contribution in [1.29, 1.82) is 0 Å². The number of hydrogen-bond donors (Lipinski definition) is 2. The van der Waals surface area contributed by atoms with Crippen LogP contribution in [0.5, 0.6) is 0 Å². The predicted molar refractivity (Wildman–Crippen MR) is 67.6 cm³/mol. The minimum absolute atomic E-state index is 0.0220. The molecule has 1 aromatic heterocycles. The second-order valence-corrected chi connectivity index (χ2v) is 5.62. The Morgan fingerprint density at radius 3 is 2.56 bits per heavy atom. The normalized spacial score (nSPS) is 11.4. The number of sulfonamides is 1. The number of rotatable bonds is 3. The van der Waals surface area contributed by atoms with Gasteiger partial charge in [-0.05, 0) is 31.5 Å². The Morgan fingerprint density at radius 2 is 2.00 bits per heavy atom. The monoisotopic (exact) mass is 267 g/mol. The molecule has 0 fully saturated rings. The lowest BCUT2D eigenvalue weighted by Crippen LogP contribution is -2.15. The molecule has 18 heavy (non-hydrogen) atoms. The standard InChI is InChI=1S/C11H13N3O3S/c1-7-3-4-10(9(12)5-7)18(15,16)14-11-6-8(2)17-13-11/h3-6H,12H2,1-2H3,(H,13,14). The molecule has 0 aliphatic rings. The molecule has 6 nitrogen and oxygen atoms in total. The molecule has 1 heterocycles. The van der Waals surface area contributed by atoms with Crippen LogP contribution in [0.3, 0.4) is 0 Å². The highest BCUT2D eigenvalue weighted by molar-refractivity contribution is 7.92. The van der Waals surface area contributed by atoms with E-state index in [1.54, 1.807) is 19.1 Å². The number of nitrogens with zero attached hydrogens (tertiary/aromatic N) is 1. The van der Waals surface area contributed by atoms with E-state index in [9.17, 15) is 8.42 Å². The van der Waals surface area contributed by atoms with Gasteiger partial charge in [-0.15, -0.1) is 0 Å². The summed E-state index contributed by atoms with van der Waals surface area (Å²) in [6.45, 7) is 3.51. The molecular weight excluding hydrogens is 254 g/mol. The molecule has 0 spiro atoms. The summed E-state index contributed by atoms with van der Waals surface area (Å²) in [5.74, 6) is 0.650. The van der Waals surface area contributed by atoms with Crippen LogP contribution in [-0.2, 0) is 10.0 Å². The summed E-state index contributed by atoms with van der Waals surface area (Å²) in [5.41, 5.74) is 6.79. The Balaban J connectivity index is 2.36. The number of benzene rings is 1. The summed E-state index contributed by atoms with van der Waals surface area (Å²) in [6.07, 6.45) is 0. The van der Waals surface area contributed by atoms with E-state index in [1.807, 2.05) is 6.92 Å². The molecule has 7 heteroatoms. The van der Waals surface area contributed by atoms with Gasteiger partial charge < -0.3 is 10.3 Å². The molecule has 2 aromatic rings. The van der Waals surface area contributed by atoms with Crippen molar-refractivity contribution in [2.75, 3.05) is 10.5 Å². The molecule has 0 bridgehead atoms. The first-order valence-corrected chi connectivity index (χ1v) is 6.69. The third kappa shape index (κ3) is 2.45. The van der Waals surface area contributed by atoms with Crippen molar-refractivity contribution in [2.45, 2.75) is 18.7 Å². The second-order valence-electron chi connectivity index (χ2n) is 3.97. The fourth-order valence-corrected chi connectivity index (χ4v) is 2.62. The first-order chi connectivity index (χ1) is 8.38. The summed E-state index contributed by atoms with van der Waals surface area (Å²) in [4.78, 5) is 0.0220. The lowest BCUT2D eigenvalue weighted by Gasteiger charge is -2.08. The number of nitrogen functional groups attached to an aromatic ring is 1. The zero-order chi connectivity index (χ0) is 13.3. The van der Waals surface area contributed by atoms with Crippen LogP contribution in [-0.4, -0.2) is 13.6 Å². The van der Waals surface area contributed by atoms with Crippen molar-refractivity contribution in [1.82, 2.24) is 5.16 Å². The fraction of sp³-hybridized carbons (Fsp3) is 0.182. The van der Waals surface area contributed by atoms with Gasteiger partial charge in [-0.3, -0.25) is 4.72 Å². The van der Waals surface area contributed by atoms with E-state index >= 15 is 0 Å². The summed E-state index contributed by atoms with van der Waals surface area (Å²) < 4.78 is 31.2. The number of aryl methyl sites for hydroxylation is 2. The van der Waals surface area contributed by atoms with Crippen LogP contribution in [0.15, 0.2) is 33.7 Å². The molecule has 0 aliphatic carbocycles. The van der Waals surface area contributed by atoms with Gasteiger partial charge >= 0.3 is 0 Å². The highest BCUT2D eigenvalue weighted by Gasteiger charge is 2.18. The van der Waals surface area contributed by atoms with Gasteiger partial charge in [0.15, 0.2) is 5.82 Å². The molecule has 0 amide bonds. The molecule has 0 saturated carbocycles. The van der Waals surface area contributed by atoms with Crippen LogP contribution in [0.4, 0.5) is 11.5 Å². The van der Waals surface area contributed by atoms with Crippen molar-refractivity contribution in [3.63, 3.8) is 0 Å². The van der Waals surface area contributed by atoms with Gasteiger partial charge in [-0.1, -0.05) is 11.2 Å². The average Bonchev–Trinajstić information content (AvgIpc) is 2.62. The van der Waals surface area contributed by atoms with E-state index in [0.29, 0.717) is 5.76 Å². The summed E-state index contributed by atoms with van der Waals surface area (Å²) in [6, 6.07) is 6.23. The van der Waals surface area contributed by atoms with Crippen molar-refractivity contribution in [3.05, 3.63) is 35.6 Å². The largest absolute Gasteiger partial charge is 0.398 e. The summed E-state index contributed by atoms with van der Waals surface area (Å²) >= 11 is 0. The Kier molecular flexibility index (Phi) is 3.00. The molecule has 3 N–H and O–H groups in total. The minimum atomic E-state index is -3.74. The zero-order valence-electron chi connectivity index (χ0n) is 9.97. The molecule has 0 atom stereocenters. The number of nitrogens with one attached hydrogen (secondary N) is 1. The van der Waals surface area contributed by atoms with Gasteiger partial charge in [0.1, 0.15) is 10.7 Å². The fourth-order valence-electron chi connectivity index (χ4n) is 1.52. The molecule has 0 saturated heterocycles. The van der Waals surface area contributed by atoms with Crippen molar-refractivity contribution >= 4 is 21.5 Å². The quantitative estimate of drug-likeness (QED) is 0.824. The maximum atomic E-state index is 12.1. The molecule has 0 aliphatic heterocycles. The Hall–Kier alpha value is -2.02. The number of hydrogen-bond acceptors (Lipinski definition) is 5. The summed E-state index contributed by atoms with van der Waals surface area (Å²) in [5, 5.41) is 3.57. The molecule has 1 aromatic carbocycles. The molecular formula is C11H13N3O3S. The Morgan fingerprint density at radius 1 is 1.28 bits per heavy atom. The molecule has 96 valence electrons. The minimum Gasteiger partial charge on any atom is -0.398 e. The van der Waals surface area contributed by atoms with Gasteiger partial charge in [0.25, 0.3) is 10.0 Å². The van der Waals surface area contributed by atoms with Gasteiger partial charge in [0.2, 0.25) is 0 Å². The number of nitrogens with two attached hydrogens (primary N) is 1. The van der Waals surface area contributed by atoms with E-state index in [1.165, 1.54) is 12.1 Å². The van der Waals surface area contributed by atoms with Crippen LogP contribution in [0, 0.1) is 13.8 Å².